The van der Waals surface area contributed by atoms with E-state index in [0.29, 0.717) is 36.2 Å². The Labute approximate surface area is 193 Å². The van der Waals surface area contributed by atoms with Crippen LogP contribution in [0.3, 0.4) is 0 Å². The molecule has 1 atom stereocenters. The minimum Gasteiger partial charge on any atom is -0.475 e. The van der Waals surface area contributed by atoms with Crippen LogP contribution < -0.4 is 5.32 Å². The Kier molecular flexibility index (Phi) is 6.45. The van der Waals surface area contributed by atoms with Gasteiger partial charge in [0.2, 0.25) is 11.7 Å². The molecule has 0 bridgehead atoms. The molecule has 174 valence electrons. The van der Waals surface area contributed by atoms with Gasteiger partial charge in [0.1, 0.15) is 6.61 Å². The summed E-state index contributed by atoms with van der Waals surface area (Å²) in [6, 6.07) is 14.3. The lowest BCUT2D eigenvalue weighted by molar-refractivity contribution is -0.159. The molecule has 1 aliphatic heterocycles. The van der Waals surface area contributed by atoms with Crippen LogP contribution in [0.15, 0.2) is 58.0 Å². The maximum absolute atomic E-state index is 12.7. The van der Waals surface area contributed by atoms with Gasteiger partial charge in [0.05, 0.1) is 6.04 Å². The van der Waals surface area contributed by atoms with Crippen molar-refractivity contribution in [3.8, 4) is 11.4 Å². The maximum Gasteiger partial charge on any atom is 0.471 e. The first-order valence-corrected chi connectivity index (χ1v) is 10.7. The highest BCUT2D eigenvalue weighted by Crippen LogP contribution is 2.30. The van der Waals surface area contributed by atoms with Crippen LogP contribution in [0.5, 0.6) is 0 Å². The number of rotatable bonds is 7. The van der Waals surface area contributed by atoms with Crippen molar-refractivity contribution in [1.29, 1.82) is 0 Å². The van der Waals surface area contributed by atoms with Gasteiger partial charge in [0.15, 0.2) is 0 Å². The molecule has 1 N–H and O–H groups in total. The van der Waals surface area contributed by atoms with Crippen LogP contribution in [0.2, 0.25) is 5.02 Å². The van der Waals surface area contributed by atoms with Crippen molar-refractivity contribution in [3.05, 3.63) is 70.6 Å². The van der Waals surface area contributed by atoms with Gasteiger partial charge in [-0.2, -0.15) is 18.2 Å². The van der Waals surface area contributed by atoms with Crippen LogP contribution in [0.25, 0.3) is 11.4 Å². The Balaban J connectivity index is 1.36. The van der Waals surface area contributed by atoms with Gasteiger partial charge in [-0.1, -0.05) is 48.8 Å². The number of benzene rings is 2. The minimum atomic E-state index is -4.67. The molecule has 2 aromatic carbocycles. The van der Waals surface area contributed by atoms with Gasteiger partial charge in [-0.15, -0.1) is 0 Å². The molecular weight excluding hydrogens is 457 g/mol. The lowest BCUT2D eigenvalue weighted by Crippen LogP contribution is -2.38. The second-order valence-electron chi connectivity index (χ2n) is 8.48. The SMILES string of the molecule is CC(C)(CNCc1cccc(-c2noc(C(F)(F)F)n2)c1)C1COC(c2ccc(Cl)cc2)=N1. The fraction of sp³-hybridized carbons (Fsp3) is 0.348. The van der Waals surface area contributed by atoms with Crippen molar-refractivity contribution < 1.29 is 22.4 Å². The summed E-state index contributed by atoms with van der Waals surface area (Å²) in [5, 5.41) is 7.50. The number of hydrogen-bond acceptors (Lipinski definition) is 6. The van der Waals surface area contributed by atoms with Crippen molar-refractivity contribution in [2.45, 2.75) is 32.6 Å². The Morgan fingerprint density at radius 3 is 2.55 bits per heavy atom. The molecule has 33 heavy (non-hydrogen) atoms. The minimum absolute atomic E-state index is 0.0258. The van der Waals surface area contributed by atoms with Crippen molar-refractivity contribution >= 4 is 17.5 Å². The zero-order chi connectivity index (χ0) is 23.6. The Hall–Kier alpha value is -2.91. The monoisotopic (exact) mass is 478 g/mol. The van der Waals surface area contributed by atoms with Crippen molar-refractivity contribution in [2.75, 3.05) is 13.2 Å². The number of nitrogens with one attached hydrogen (secondary N) is 1. The largest absolute Gasteiger partial charge is 0.475 e. The quantitative estimate of drug-likeness (QED) is 0.494. The topological polar surface area (TPSA) is 72.5 Å². The third kappa shape index (κ3) is 5.54. The van der Waals surface area contributed by atoms with E-state index in [-0.39, 0.29) is 17.3 Å². The number of halogens is 4. The zero-order valence-electron chi connectivity index (χ0n) is 18.0. The van der Waals surface area contributed by atoms with Gasteiger partial charge in [0, 0.05) is 34.7 Å². The third-order valence-electron chi connectivity index (χ3n) is 5.41. The number of aromatic nitrogens is 2. The van der Waals surface area contributed by atoms with E-state index in [1.54, 1.807) is 30.3 Å². The summed E-state index contributed by atoms with van der Waals surface area (Å²) in [7, 11) is 0. The molecule has 2 heterocycles. The molecule has 0 amide bonds. The summed E-state index contributed by atoms with van der Waals surface area (Å²) in [5.41, 5.74) is 2.03. The van der Waals surface area contributed by atoms with E-state index in [2.05, 4.69) is 33.8 Å². The summed E-state index contributed by atoms with van der Waals surface area (Å²) < 4.78 is 48.3. The summed E-state index contributed by atoms with van der Waals surface area (Å²) in [6.07, 6.45) is -4.67. The summed E-state index contributed by atoms with van der Waals surface area (Å²) in [4.78, 5) is 8.20. The smallest absolute Gasteiger partial charge is 0.471 e. The van der Waals surface area contributed by atoms with Crippen LogP contribution in [-0.4, -0.2) is 35.2 Å². The predicted octanol–water partition coefficient (Wildman–Crippen LogP) is 5.37. The summed E-state index contributed by atoms with van der Waals surface area (Å²) in [5.74, 6) is -0.854. The van der Waals surface area contributed by atoms with Gasteiger partial charge < -0.3 is 14.6 Å². The Bertz CT molecular complexity index is 1140. The van der Waals surface area contributed by atoms with Gasteiger partial charge in [-0.3, -0.25) is 0 Å². The molecule has 10 heteroatoms. The van der Waals surface area contributed by atoms with E-state index < -0.39 is 12.1 Å². The highest BCUT2D eigenvalue weighted by molar-refractivity contribution is 6.30. The summed E-state index contributed by atoms with van der Waals surface area (Å²) in [6.45, 7) is 5.88. The van der Waals surface area contributed by atoms with Crippen molar-refractivity contribution in [3.63, 3.8) is 0 Å². The molecule has 1 aliphatic rings. The first kappa shape index (κ1) is 23.3. The molecule has 0 spiro atoms. The maximum atomic E-state index is 12.7. The van der Waals surface area contributed by atoms with Crippen LogP contribution in [0.1, 0.15) is 30.9 Å². The van der Waals surface area contributed by atoms with Gasteiger partial charge in [-0.25, -0.2) is 4.99 Å². The normalized spacial score (nSPS) is 16.5. The predicted molar refractivity (Wildman–Crippen MR) is 118 cm³/mol. The number of hydrogen-bond donors (Lipinski definition) is 1. The fourth-order valence-electron chi connectivity index (χ4n) is 3.45. The second kappa shape index (κ2) is 9.15. The van der Waals surface area contributed by atoms with E-state index in [1.165, 1.54) is 0 Å². The molecular formula is C23H22ClF3N4O2. The van der Waals surface area contributed by atoms with Crippen LogP contribution in [0, 0.1) is 5.41 Å². The molecule has 1 aromatic heterocycles. The van der Waals surface area contributed by atoms with Gasteiger partial charge in [-0.05, 0) is 35.9 Å². The van der Waals surface area contributed by atoms with E-state index in [9.17, 15) is 13.2 Å². The highest BCUT2D eigenvalue weighted by atomic mass is 35.5. The number of aliphatic imine (C=N–C) groups is 1. The molecule has 3 aromatic rings. The average molecular weight is 479 g/mol. The molecule has 0 aliphatic carbocycles. The van der Waals surface area contributed by atoms with Crippen LogP contribution in [0.4, 0.5) is 13.2 Å². The third-order valence-corrected chi connectivity index (χ3v) is 5.66. The molecule has 0 fully saturated rings. The van der Waals surface area contributed by atoms with E-state index >= 15 is 0 Å². The van der Waals surface area contributed by atoms with Crippen molar-refractivity contribution in [1.82, 2.24) is 15.5 Å². The van der Waals surface area contributed by atoms with Gasteiger partial charge >= 0.3 is 12.1 Å². The van der Waals surface area contributed by atoms with Crippen LogP contribution in [-0.2, 0) is 17.5 Å². The Morgan fingerprint density at radius 1 is 1.09 bits per heavy atom. The molecule has 0 radical (unpaired) electrons. The molecule has 0 saturated carbocycles. The molecule has 6 nitrogen and oxygen atoms in total. The fourth-order valence-corrected chi connectivity index (χ4v) is 3.57. The van der Waals surface area contributed by atoms with Crippen LogP contribution >= 0.6 is 11.6 Å². The summed E-state index contributed by atoms with van der Waals surface area (Å²) >= 11 is 5.95. The lowest BCUT2D eigenvalue weighted by Gasteiger charge is -2.28. The first-order chi connectivity index (χ1) is 15.6. The van der Waals surface area contributed by atoms with E-state index in [1.807, 2.05) is 18.2 Å². The Morgan fingerprint density at radius 2 is 1.85 bits per heavy atom. The number of nitrogens with zero attached hydrogens (tertiary/aromatic N) is 3. The van der Waals surface area contributed by atoms with E-state index in [0.717, 1.165) is 11.1 Å². The standard InChI is InChI=1S/C23H22ClF3N4O2/c1-22(2,18-12-32-20(29-18)15-6-8-17(24)9-7-15)13-28-11-14-4-3-5-16(10-14)19-30-21(33-31-19)23(25,26)27/h3-10,18,28H,11-13H2,1-2H3. The van der Waals surface area contributed by atoms with Gasteiger partial charge in [0.25, 0.3) is 0 Å². The van der Waals surface area contributed by atoms with Crippen molar-refractivity contribution in [2.24, 2.45) is 10.4 Å². The molecule has 0 saturated heterocycles. The molecule has 4 rings (SSSR count). The lowest BCUT2D eigenvalue weighted by atomic mass is 9.85. The second-order valence-corrected chi connectivity index (χ2v) is 8.92. The zero-order valence-corrected chi connectivity index (χ0v) is 18.7. The number of ether oxygens (including phenoxy) is 1. The highest BCUT2D eigenvalue weighted by Gasteiger charge is 2.38. The van der Waals surface area contributed by atoms with E-state index in [4.69, 9.17) is 21.3 Å². The number of alkyl halides is 3. The first-order valence-electron chi connectivity index (χ1n) is 10.3. The molecule has 1 unspecified atom stereocenters. The average Bonchev–Trinajstić information content (AvgIpc) is 3.45.